The molecule has 0 aromatic carbocycles. The molecular formula is C10H13NO4. The predicted octanol–water partition coefficient (Wildman–Crippen LogP) is 1.02. The molecule has 1 aliphatic rings. The molecule has 1 aliphatic heterocycles. The first-order valence-electron chi connectivity index (χ1n) is 4.35. The highest BCUT2D eigenvalue weighted by atomic mass is 16.5. The van der Waals surface area contributed by atoms with Gasteiger partial charge >= 0.3 is 5.97 Å². The van der Waals surface area contributed by atoms with Gasteiger partial charge in [-0.1, -0.05) is 0 Å². The normalized spacial score (nSPS) is 15.5. The Labute approximate surface area is 88.0 Å². The van der Waals surface area contributed by atoms with Gasteiger partial charge in [0.1, 0.15) is 5.76 Å². The van der Waals surface area contributed by atoms with Crippen molar-refractivity contribution in [3.05, 3.63) is 23.6 Å². The van der Waals surface area contributed by atoms with Gasteiger partial charge in [0.2, 0.25) is 0 Å². The molecular weight excluding hydrogens is 198 g/mol. The zero-order valence-electron chi connectivity index (χ0n) is 8.94. The molecule has 82 valence electrons. The molecule has 0 fully saturated rings. The second-order valence-corrected chi connectivity index (χ2v) is 2.75. The van der Waals surface area contributed by atoms with E-state index in [2.05, 4.69) is 9.73 Å². The van der Waals surface area contributed by atoms with Crippen LogP contribution in [0.3, 0.4) is 0 Å². The van der Waals surface area contributed by atoms with E-state index < -0.39 is 5.97 Å². The lowest BCUT2D eigenvalue weighted by atomic mass is 10.2. The van der Waals surface area contributed by atoms with Gasteiger partial charge in [-0.3, -0.25) is 0 Å². The van der Waals surface area contributed by atoms with Crippen LogP contribution in [0.1, 0.15) is 6.42 Å². The maximum atomic E-state index is 11.4. The number of hydrogen-bond acceptors (Lipinski definition) is 5. The van der Waals surface area contributed by atoms with Gasteiger partial charge < -0.3 is 14.2 Å². The summed E-state index contributed by atoms with van der Waals surface area (Å²) >= 11 is 0. The van der Waals surface area contributed by atoms with Gasteiger partial charge in [0.25, 0.3) is 0 Å². The average Bonchev–Trinajstić information content (AvgIpc) is 2.49. The minimum atomic E-state index is -0.448. The molecule has 1 rings (SSSR count). The van der Waals surface area contributed by atoms with Gasteiger partial charge in [0.15, 0.2) is 5.90 Å². The van der Waals surface area contributed by atoms with Crippen molar-refractivity contribution in [1.82, 2.24) is 0 Å². The van der Waals surface area contributed by atoms with Crippen LogP contribution >= 0.6 is 0 Å². The summed E-state index contributed by atoms with van der Waals surface area (Å²) in [6, 6.07) is 0. The van der Waals surface area contributed by atoms with Crippen molar-refractivity contribution >= 4 is 11.9 Å². The lowest BCUT2D eigenvalue weighted by Crippen LogP contribution is -2.10. The second-order valence-electron chi connectivity index (χ2n) is 2.75. The van der Waals surface area contributed by atoms with Crippen molar-refractivity contribution in [2.45, 2.75) is 6.42 Å². The molecule has 0 atom stereocenters. The third-order valence-electron chi connectivity index (χ3n) is 1.96. The SMILES string of the molecule is COC(=O)C1=C(OC)CC(OC)=NC=C1. The first kappa shape index (κ1) is 11.3. The van der Waals surface area contributed by atoms with Gasteiger partial charge in [-0.2, -0.15) is 0 Å². The fourth-order valence-electron chi connectivity index (χ4n) is 1.16. The maximum Gasteiger partial charge on any atom is 0.341 e. The molecule has 15 heavy (non-hydrogen) atoms. The summed E-state index contributed by atoms with van der Waals surface area (Å²) in [4.78, 5) is 15.4. The molecule has 0 amide bonds. The van der Waals surface area contributed by atoms with E-state index in [9.17, 15) is 4.79 Å². The molecule has 0 saturated carbocycles. The maximum absolute atomic E-state index is 11.4. The zero-order valence-corrected chi connectivity index (χ0v) is 8.94. The van der Waals surface area contributed by atoms with Crippen LogP contribution in [0, 0.1) is 0 Å². The van der Waals surface area contributed by atoms with Crippen molar-refractivity contribution in [1.29, 1.82) is 0 Å². The standard InChI is InChI=1S/C10H13NO4/c1-13-8-6-9(14-2)11-5-4-7(8)10(12)15-3/h4-5H,6H2,1-3H3. The molecule has 5 nitrogen and oxygen atoms in total. The number of methoxy groups -OCH3 is 3. The first-order chi connectivity index (χ1) is 7.22. The molecule has 0 aromatic rings. The number of carbonyl (C=O) groups excluding carboxylic acids is 1. The van der Waals surface area contributed by atoms with Crippen molar-refractivity contribution < 1.29 is 19.0 Å². The van der Waals surface area contributed by atoms with Crippen LogP contribution in [0.2, 0.25) is 0 Å². The summed E-state index contributed by atoms with van der Waals surface area (Å²) in [6.07, 6.45) is 3.36. The summed E-state index contributed by atoms with van der Waals surface area (Å²) in [5, 5.41) is 0. The molecule has 0 bridgehead atoms. The van der Waals surface area contributed by atoms with Crippen LogP contribution in [-0.4, -0.2) is 33.2 Å². The van der Waals surface area contributed by atoms with Crippen molar-refractivity contribution in [2.75, 3.05) is 21.3 Å². The van der Waals surface area contributed by atoms with E-state index in [-0.39, 0.29) is 0 Å². The van der Waals surface area contributed by atoms with Crippen molar-refractivity contribution in [3.63, 3.8) is 0 Å². The third kappa shape index (κ3) is 2.59. The number of ether oxygens (including phenoxy) is 3. The van der Waals surface area contributed by atoms with Crippen LogP contribution in [0.15, 0.2) is 28.6 Å². The van der Waals surface area contributed by atoms with Crippen molar-refractivity contribution in [2.24, 2.45) is 4.99 Å². The largest absolute Gasteiger partial charge is 0.500 e. The Kier molecular flexibility index (Phi) is 3.91. The van der Waals surface area contributed by atoms with Gasteiger partial charge in [0, 0.05) is 6.20 Å². The number of rotatable bonds is 2. The monoisotopic (exact) mass is 211 g/mol. The van der Waals surface area contributed by atoms with Crippen LogP contribution in [0.25, 0.3) is 0 Å². The molecule has 0 aliphatic carbocycles. The Bertz CT molecular complexity index is 341. The van der Waals surface area contributed by atoms with Gasteiger partial charge in [-0.15, -0.1) is 0 Å². The van der Waals surface area contributed by atoms with Crippen LogP contribution in [0.4, 0.5) is 0 Å². The molecule has 0 radical (unpaired) electrons. The topological polar surface area (TPSA) is 57.1 Å². The van der Waals surface area contributed by atoms with E-state index in [4.69, 9.17) is 9.47 Å². The van der Waals surface area contributed by atoms with E-state index in [1.165, 1.54) is 33.6 Å². The summed E-state index contributed by atoms with van der Waals surface area (Å²) < 4.78 is 14.7. The fraction of sp³-hybridized carbons (Fsp3) is 0.400. The first-order valence-corrected chi connectivity index (χ1v) is 4.35. The molecule has 0 aromatic heterocycles. The molecule has 5 heteroatoms. The highest BCUT2D eigenvalue weighted by Crippen LogP contribution is 2.17. The number of aliphatic imine (C=N–C) groups is 1. The van der Waals surface area contributed by atoms with Crippen LogP contribution < -0.4 is 0 Å². The van der Waals surface area contributed by atoms with E-state index in [0.717, 1.165) is 0 Å². The second kappa shape index (κ2) is 5.19. The van der Waals surface area contributed by atoms with Crippen molar-refractivity contribution in [3.8, 4) is 0 Å². The van der Waals surface area contributed by atoms with E-state index in [1.807, 2.05) is 0 Å². The van der Waals surface area contributed by atoms with E-state index >= 15 is 0 Å². The summed E-state index contributed by atoms with van der Waals surface area (Å²) in [5.74, 6) is 0.522. The average molecular weight is 211 g/mol. The number of carbonyl (C=O) groups is 1. The summed E-state index contributed by atoms with van der Waals surface area (Å²) in [6.45, 7) is 0. The van der Waals surface area contributed by atoms with Gasteiger partial charge in [0.05, 0.1) is 33.3 Å². The number of nitrogens with zero attached hydrogens (tertiary/aromatic N) is 1. The van der Waals surface area contributed by atoms with Gasteiger partial charge in [-0.05, 0) is 6.08 Å². The molecule has 0 unspecified atom stereocenters. The summed E-state index contributed by atoms with van der Waals surface area (Å²) in [5.41, 5.74) is 0.357. The Morgan fingerprint density at radius 3 is 2.60 bits per heavy atom. The van der Waals surface area contributed by atoms with Crippen LogP contribution in [-0.2, 0) is 19.0 Å². The highest BCUT2D eigenvalue weighted by Gasteiger charge is 2.18. The highest BCUT2D eigenvalue weighted by molar-refractivity contribution is 5.94. The lowest BCUT2D eigenvalue weighted by Gasteiger charge is -2.08. The Morgan fingerprint density at radius 1 is 1.33 bits per heavy atom. The van der Waals surface area contributed by atoms with E-state index in [0.29, 0.717) is 23.7 Å². The lowest BCUT2D eigenvalue weighted by molar-refractivity contribution is -0.135. The Hall–Kier alpha value is -1.78. The Morgan fingerprint density at radius 2 is 2.07 bits per heavy atom. The minimum absolute atomic E-state index is 0.338. The minimum Gasteiger partial charge on any atom is -0.500 e. The fourth-order valence-corrected chi connectivity index (χ4v) is 1.16. The molecule has 0 spiro atoms. The molecule has 1 heterocycles. The number of hydrogen-bond donors (Lipinski definition) is 0. The van der Waals surface area contributed by atoms with Crippen LogP contribution in [0.5, 0.6) is 0 Å². The third-order valence-corrected chi connectivity index (χ3v) is 1.96. The predicted molar refractivity (Wildman–Crippen MR) is 54.3 cm³/mol. The quantitative estimate of drug-likeness (QED) is 0.640. The van der Waals surface area contributed by atoms with E-state index in [1.54, 1.807) is 0 Å². The Balaban J connectivity index is 3.02. The smallest absolute Gasteiger partial charge is 0.341 e. The molecule has 0 saturated heterocycles. The number of esters is 1. The zero-order chi connectivity index (χ0) is 11.3. The summed E-state index contributed by atoms with van der Waals surface area (Å²) in [7, 11) is 4.33. The van der Waals surface area contributed by atoms with Gasteiger partial charge in [-0.25, -0.2) is 9.79 Å². The molecule has 0 N–H and O–H groups in total.